The maximum absolute atomic E-state index is 6.63. The van der Waals surface area contributed by atoms with Crippen LogP contribution in [0.5, 0.6) is 0 Å². The lowest BCUT2D eigenvalue weighted by Gasteiger charge is -2.48. The molecule has 0 aliphatic carbocycles. The van der Waals surface area contributed by atoms with Crippen molar-refractivity contribution in [3.05, 3.63) is 55.9 Å². The maximum Gasteiger partial charge on any atom is 0.167 e. The molecule has 6 nitrogen and oxygen atoms in total. The van der Waals surface area contributed by atoms with Gasteiger partial charge >= 0.3 is 0 Å². The van der Waals surface area contributed by atoms with Crippen LogP contribution < -0.4 is 4.90 Å². The highest BCUT2D eigenvalue weighted by atomic mass is 127. The summed E-state index contributed by atoms with van der Waals surface area (Å²) in [7, 11) is -1.92. The van der Waals surface area contributed by atoms with Crippen LogP contribution >= 0.6 is 22.6 Å². The average Bonchev–Trinajstić information content (AvgIpc) is 3.13. The Morgan fingerprint density at radius 1 is 1.15 bits per heavy atom. The molecule has 34 heavy (non-hydrogen) atoms. The Labute approximate surface area is 218 Å². The van der Waals surface area contributed by atoms with Crippen LogP contribution in [0.2, 0.25) is 18.1 Å². The second kappa shape index (κ2) is 9.87. The van der Waals surface area contributed by atoms with Gasteiger partial charge in [-0.1, -0.05) is 39.0 Å². The maximum atomic E-state index is 6.63. The fourth-order valence-corrected chi connectivity index (χ4v) is 5.51. The highest BCUT2D eigenvalue weighted by Gasteiger charge is 2.26. The number of benzene rings is 1. The number of hydrogen-bond donors (Lipinski definition) is 0. The zero-order chi connectivity index (χ0) is 24.7. The third kappa shape index (κ3) is 5.19. The quantitative estimate of drug-likeness (QED) is 0.264. The largest absolute Gasteiger partial charge is 0.560 e. The van der Waals surface area contributed by atoms with E-state index < -0.39 is 8.32 Å². The van der Waals surface area contributed by atoms with Crippen LogP contribution in [0, 0.1) is 17.4 Å². The van der Waals surface area contributed by atoms with Crippen LogP contribution in [0.4, 0.5) is 5.82 Å². The van der Waals surface area contributed by atoms with Gasteiger partial charge in [0.2, 0.25) is 0 Å². The van der Waals surface area contributed by atoms with E-state index in [4.69, 9.17) is 19.2 Å². The van der Waals surface area contributed by atoms with Crippen molar-refractivity contribution in [2.75, 3.05) is 31.2 Å². The molecule has 0 N–H and O–H groups in total. The Hall–Kier alpha value is -1.49. The van der Waals surface area contributed by atoms with E-state index in [-0.39, 0.29) is 5.04 Å². The lowest BCUT2D eigenvalue weighted by atomic mass is 9.99. The van der Waals surface area contributed by atoms with E-state index in [1.54, 1.807) is 0 Å². The summed E-state index contributed by atoms with van der Waals surface area (Å²) in [6.45, 7) is 19.5. The van der Waals surface area contributed by atoms with E-state index in [0.717, 1.165) is 59.1 Å². The molecule has 1 saturated heterocycles. The first-order valence-electron chi connectivity index (χ1n) is 12.1. The van der Waals surface area contributed by atoms with Crippen LogP contribution in [-0.2, 0) is 22.2 Å². The minimum Gasteiger partial charge on any atom is -0.560 e. The highest BCUT2D eigenvalue weighted by molar-refractivity contribution is 14.1. The SMILES string of the molecule is Cc1cccc(Cc2c(CO[Si-](C)(C)C(C)(C)C)nc3c(I)cc(N4CCOCC4)nn23)c1C. The first-order chi connectivity index (χ1) is 16.0. The summed E-state index contributed by atoms with van der Waals surface area (Å²) in [5.74, 6) is 0.983. The molecule has 8 heteroatoms. The van der Waals surface area contributed by atoms with Crippen molar-refractivity contribution in [2.24, 2.45) is 0 Å². The number of fused-ring (bicyclic) bond motifs is 1. The first-order valence-corrected chi connectivity index (χ1v) is 16.1. The molecule has 1 fully saturated rings. The molecule has 0 amide bonds. The summed E-state index contributed by atoms with van der Waals surface area (Å²) >= 11 is 2.40. The summed E-state index contributed by atoms with van der Waals surface area (Å²) in [6.07, 6.45) is 0.778. The third-order valence-electron chi connectivity index (χ3n) is 7.49. The summed E-state index contributed by atoms with van der Waals surface area (Å²) in [5.41, 5.74) is 6.97. The number of halogens is 1. The van der Waals surface area contributed by atoms with Gasteiger partial charge in [-0.3, -0.25) is 0 Å². The summed E-state index contributed by atoms with van der Waals surface area (Å²) in [6, 6.07) is 8.68. The minimum absolute atomic E-state index is 0.148. The standard InChI is InChI=1S/C26H37IN4O2Si/c1-18-9-8-10-20(19(18)2)15-23-22(17-33-34(6,7)26(3,4)5)28-25-21(27)16-24(29-31(23)25)30-11-13-32-14-12-30/h8-10,16H,11-15,17H2,1-7H3/q-1. The molecule has 4 rings (SSSR count). The Morgan fingerprint density at radius 3 is 2.53 bits per heavy atom. The van der Waals surface area contributed by atoms with Crippen LogP contribution in [0.3, 0.4) is 0 Å². The first kappa shape index (κ1) is 25.6. The van der Waals surface area contributed by atoms with Crippen molar-refractivity contribution < 1.29 is 9.16 Å². The Balaban J connectivity index is 1.80. The fraction of sp³-hybridized carbons (Fsp3) is 0.538. The Bertz CT molecular complexity index is 1180. The lowest BCUT2D eigenvalue weighted by molar-refractivity contribution is 0.122. The molecular formula is C26H37IN4O2Si-. The molecule has 1 aliphatic heterocycles. The van der Waals surface area contributed by atoms with Crippen molar-refractivity contribution in [2.45, 2.75) is 65.8 Å². The monoisotopic (exact) mass is 592 g/mol. The van der Waals surface area contributed by atoms with Crippen LogP contribution in [-0.4, -0.2) is 49.2 Å². The van der Waals surface area contributed by atoms with Gasteiger partial charge in [-0.2, -0.15) is 0 Å². The number of nitrogens with zero attached hydrogens (tertiary/aromatic N) is 4. The van der Waals surface area contributed by atoms with Crippen molar-refractivity contribution >= 4 is 42.4 Å². The summed E-state index contributed by atoms with van der Waals surface area (Å²) in [5, 5.41) is 5.25. The lowest BCUT2D eigenvalue weighted by Crippen LogP contribution is -2.40. The van der Waals surface area contributed by atoms with Gasteiger partial charge in [0.05, 0.1) is 28.2 Å². The van der Waals surface area contributed by atoms with E-state index in [1.807, 2.05) is 0 Å². The van der Waals surface area contributed by atoms with Crippen LogP contribution in [0.15, 0.2) is 24.3 Å². The van der Waals surface area contributed by atoms with Crippen molar-refractivity contribution in [1.82, 2.24) is 14.6 Å². The number of imidazole rings is 1. The van der Waals surface area contributed by atoms with Gasteiger partial charge in [0.25, 0.3) is 0 Å². The average molecular weight is 593 g/mol. The molecule has 0 bridgehead atoms. The van der Waals surface area contributed by atoms with E-state index in [1.165, 1.54) is 16.7 Å². The van der Waals surface area contributed by atoms with Gasteiger partial charge in [-0.25, -0.2) is 9.50 Å². The van der Waals surface area contributed by atoms with Gasteiger partial charge in [0, 0.05) is 26.1 Å². The number of ether oxygens (including phenoxy) is 1. The predicted molar refractivity (Wildman–Crippen MR) is 149 cm³/mol. The number of hydrogen-bond acceptors (Lipinski definition) is 5. The summed E-state index contributed by atoms with van der Waals surface area (Å²) in [4.78, 5) is 7.38. The smallest absolute Gasteiger partial charge is 0.167 e. The molecule has 0 unspecified atom stereocenters. The van der Waals surface area contributed by atoms with Crippen LogP contribution in [0.1, 0.15) is 48.8 Å². The van der Waals surface area contributed by atoms with Crippen molar-refractivity contribution in [3.8, 4) is 0 Å². The zero-order valence-corrected chi connectivity index (χ0v) is 24.7. The van der Waals surface area contributed by atoms with Gasteiger partial charge in [0.15, 0.2) is 11.5 Å². The zero-order valence-electron chi connectivity index (χ0n) is 21.5. The van der Waals surface area contributed by atoms with E-state index in [9.17, 15) is 0 Å². The number of rotatable bonds is 6. The van der Waals surface area contributed by atoms with Gasteiger partial charge in [-0.15, -0.1) is 23.2 Å². The van der Waals surface area contributed by atoms with Gasteiger partial charge in [0.1, 0.15) is 0 Å². The molecule has 3 aromatic rings. The highest BCUT2D eigenvalue weighted by Crippen LogP contribution is 2.37. The molecule has 185 valence electrons. The Kier molecular flexibility index (Phi) is 7.43. The number of aromatic nitrogens is 3. The fourth-order valence-electron chi connectivity index (χ4n) is 3.95. The number of morpholine rings is 1. The molecular weight excluding hydrogens is 555 g/mol. The number of anilines is 1. The molecule has 2 aromatic heterocycles. The number of aryl methyl sites for hydroxylation is 1. The van der Waals surface area contributed by atoms with Crippen molar-refractivity contribution in [1.29, 1.82) is 0 Å². The van der Waals surface area contributed by atoms with Gasteiger partial charge in [-0.05, 0) is 67.5 Å². The summed E-state index contributed by atoms with van der Waals surface area (Å²) < 4.78 is 15.4. The molecule has 0 saturated carbocycles. The molecule has 0 atom stereocenters. The van der Waals surface area contributed by atoms with Gasteiger partial charge < -0.3 is 14.1 Å². The van der Waals surface area contributed by atoms with Crippen LogP contribution in [0.25, 0.3) is 5.65 Å². The normalized spacial score (nSPS) is 15.4. The van der Waals surface area contributed by atoms with E-state index >= 15 is 0 Å². The molecule has 1 aromatic carbocycles. The van der Waals surface area contributed by atoms with Crippen molar-refractivity contribution in [3.63, 3.8) is 0 Å². The Morgan fingerprint density at radius 2 is 1.85 bits per heavy atom. The van der Waals surface area contributed by atoms with E-state index in [0.29, 0.717) is 6.61 Å². The molecule has 0 radical (unpaired) electrons. The minimum atomic E-state index is -1.92. The third-order valence-corrected chi connectivity index (χ3v) is 12.8. The second-order valence-corrected chi connectivity index (χ2v) is 16.7. The molecule has 0 spiro atoms. The second-order valence-electron chi connectivity index (χ2n) is 10.8. The molecule has 1 aliphatic rings. The topological polar surface area (TPSA) is 51.9 Å². The predicted octanol–water partition coefficient (Wildman–Crippen LogP) is 5.90. The molecule has 3 heterocycles. The van der Waals surface area contributed by atoms with E-state index in [2.05, 4.69) is 104 Å².